The summed E-state index contributed by atoms with van der Waals surface area (Å²) in [7, 11) is 0. The standard InChI is InChI=1S/C16H22BrNO2/c1-11(2)5-6-18(13-3-4-13)9-12-7-15-16(8-14(12)17)20-10-19-15/h7-8,11,13H,3-6,9-10H2,1-2H3. The number of rotatable bonds is 6. The molecule has 2 aliphatic rings. The molecule has 110 valence electrons. The minimum absolute atomic E-state index is 0.338. The molecule has 0 aromatic heterocycles. The van der Waals surface area contributed by atoms with Crippen LogP contribution in [0, 0.1) is 5.92 Å². The summed E-state index contributed by atoms with van der Waals surface area (Å²) in [6.07, 6.45) is 3.96. The maximum absolute atomic E-state index is 5.49. The highest BCUT2D eigenvalue weighted by Crippen LogP contribution is 2.38. The highest BCUT2D eigenvalue weighted by atomic mass is 79.9. The largest absolute Gasteiger partial charge is 0.454 e. The summed E-state index contributed by atoms with van der Waals surface area (Å²) in [6.45, 7) is 7.10. The zero-order valence-corrected chi connectivity index (χ0v) is 13.8. The molecule has 0 atom stereocenters. The Morgan fingerprint density at radius 3 is 2.60 bits per heavy atom. The predicted molar refractivity (Wildman–Crippen MR) is 83.2 cm³/mol. The van der Waals surface area contributed by atoms with Gasteiger partial charge >= 0.3 is 0 Å². The van der Waals surface area contributed by atoms with Crippen molar-refractivity contribution < 1.29 is 9.47 Å². The van der Waals surface area contributed by atoms with Crippen molar-refractivity contribution in [3.8, 4) is 11.5 Å². The number of fused-ring (bicyclic) bond motifs is 1. The first-order valence-corrected chi connectivity index (χ1v) is 8.25. The molecular formula is C16H22BrNO2. The molecule has 1 aliphatic carbocycles. The zero-order valence-electron chi connectivity index (χ0n) is 12.2. The van der Waals surface area contributed by atoms with E-state index in [2.05, 4.69) is 40.7 Å². The van der Waals surface area contributed by atoms with Crippen molar-refractivity contribution in [1.29, 1.82) is 0 Å². The van der Waals surface area contributed by atoms with Gasteiger partial charge in [0.25, 0.3) is 0 Å². The van der Waals surface area contributed by atoms with Crippen molar-refractivity contribution in [3.05, 3.63) is 22.2 Å². The molecule has 0 radical (unpaired) electrons. The first kappa shape index (κ1) is 14.2. The molecule has 0 amide bonds. The molecule has 4 heteroatoms. The molecule has 0 unspecified atom stereocenters. The highest BCUT2D eigenvalue weighted by molar-refractivity contribution is 9.10. The van der Waals surface area contributed by atoms with Crippen molar-refractivity contribution in [3.63, 3.8) is 0 Å². The van der Waals surface area contributed by atoms with E-state index in [-0.39, 0.29) is 0 Å². The fourth-order valence-electron chi connectivity index (χ4n) is 2.55. The first-order chi connectivity index (χ1) is 9.63. The van der Waals surface area contributed by atoms with Gasteiger partial charge in [0.2, 0.25) is 6.79 Å². The summed E-state index contributed by atoms with van der Waals surface area (Å²) < 4.78 is 12.0. The summed E-state index contributed by atoms with van der Waals surface area (Å²) in [5, 5.41) is 0. The lowest BCUT2D eigenvalue weighted by molar-refractivity contribution is 0.174. The normalized spacial score (nSPS) is 17.2. The van der Waals surface area contributed by atoms with Crippen LogP contribution in [0.5, 0.6) is 11.5 Å². The maximum Gasteiger partial charge on any atom is 0.231 e. The smallest absolute Gasteiger partial charge is 0.231 e. The summed E-state index contributed by atoms with van der Waals surface area (Å²) in [6, 6.07) is 4.94. The van der Waals surface area contributed by atoms with Crippen LogP contribution in [-0.2, 0) is 6.54 Å². The molecule has 0 spiro atoms. The fourth-order valence-corrected chi connectivity index (χ4v) is 3.00. The van der Waals surface area contributed by atoms with Gasteiger partial charge in [-0.05, 0) is 49.4 Å². The van der Waals surface area contributed by atoms with E-state index in [0.29, 0.717) is 6.79 Å². The number of benzene rings is 1. The van der Waals surface area contributed by atoms with Crippen molar-refractivity contribution in [2.75, 3.05) is 13.3 Å². The van der Waals surface area contributed by atoms with Gasteiger partial charge < -0.3 is 9.47 Å². The Hall–Kier alpha value is -0.740. The third kappa shape index (κ3) is 3.29. The van der Waals surface area contributed by atoms with Crippen LogP contribution in [-0.4, -0.2) is 24.3 Å². The van der Waals surface area contributed by atoms with Crippen LogP contribution in [0.15, 0.2) is 16.6 Å². The molecule has 1 saturated carbocycles. The fraction of sp³-hybridized carbons (Fsp3) is 0.625. The lowest BCUT2D eigenvalue weighted by atomic mass is 10.1. The van der Waals surface area contributed by atoms with E-state index in [0.717, 1.165) is 34.5 Å². The molecule has 0 saturated heterocycles. The predicted octanol–water partition coefficient (Wildman–Crippen LogP) is 4.19. The van der Waals surface area contributed by atoms with Crippen LogP contribution in [0.3, 0.4) is 0 Å². The van der Waals surface area contributed by atoms with Gasteiger partial charge in [-0.1, -0.05) is 29.8 Å². The quantitative estimate of drug-likeness (QED) is 0.775. The first-order valence-electron chi connectivity index (χ1n) is 7.45. The summed E-state index contributed by atoms with van der Waals surface area (Å²) in [4.78, 5) is 2.61. The Labute approximate surface area is 129 Å². The number of nitrogens with zero attached hydrogens (tertiary/aromatic N) is 1. The second-order valence-electron chi connectivity index (χ2n) is 6.18. The molecule has 1 aliphatic heterocycles. The highest BCUT2D eigenvalue weighted by Gasteiger charge is 2.29. The number of hydrogen-bond donors (Lipinski definition) is 0. The average molecular weight is 340 g/mol. The van der Waals surface area contributed by atoms with Gasteiger partial charge in [0.15, 0.2) is 11.5 Å². The van der Waals surface area contributed by atoms with E-state index in [1.807, 2.05) is 6.07 Å². The van der Waals surface area contributed by atoms with Gasteiger partial charge in [-0.15, -0.1) is 0 Å². The van der Waals surface area contributed by atoms with E-state index >= 15 is 0 Å². The van der Waals surface area contributed by atoms with E-state index < -0.39 is 0 Å². The second kappa shape index (κ2) is 5.94. The summed E-state index contributed by atoms with van der Waals surface area (Å²) in [5.74, 6) is 2.49. The zero-order chi connectivity index (χ0) is 14.1. The molecule has 1 fully saturated rings. The van der Waals surface area contributed by atoms with Gasteiger partial charge in [0.1, 0.15) is 0 Å². The Balaban J connectivity index is 1.71. The van der Waals surface area contributed by atoms with Crippen LogP contribution < -0.4 is 9.47 Å². The van der Waals surface area contributed by atoms with E-state index in [9.17, 15) is 0 Å². The topological polar surface area (TPSA) is 21.7 Å². The van der Waals surface area contributed by atoms with Crippen LogP contribution >= 0.6 is 15.9 Å². The number of halogens is 1. The summed E-state index contributed by atoms with van der Waals surface area (Å²) >= 11 is 3.67. The van der Waals surface area contributed by atoms with Crippen molar-refractivity contribution >= 4 is 15.9 Å². The van der Waals surface area contributed by atoms with Crippen molar-refractivity contribution in [1.82, 2.24) is 4.90 Å². The molecule has 3 nitrogen and oxygen atoms in total. The van der Waals surface area contributed by atoms with Gasteiger partial charge in [0, 0.05) is 17.1 Å². The minimum Gasteiger partial charge on any atom is -0.454 e. The van der Waals surface area contributed by atoms with Crippen molar-refractivity contribution in [2.45, 2.75) is 45.7 Å². The minimum atomic E-state index is 0.338. The van der Waals surface area contributed by atoms with Crippen molar-refractivity contribution in [2.24, 2.45) is 5.92 Å². The number of hydrogen-bond acceptors (Lipinski definition) is 3. The van der Waals surface area contributed by atoms with Crippen LogP contribution in [0.2, 0.25) is 0 Å². The lowest BCUT2D eigenvalue weighted by Crippen LogP contribution is -2.27. The molecule has 3 rings (SSSR count). The third-order valence-electron chi connectivity index (χ3n) is 3.97. The monoisotopic (exact) mass is 339 g/mol. The van der Waals surface area contributed by atoms with E-state index in [4.69, 9.17) is 9.47 Å². The molecule has 1 aromatic carbocycles. The van der Waals surface area contributed by atoms with Crippen LogP contribution in [0.4, 0.5) is 0 Å². The van der Waals surface area contributed by atoms with Gasteiger partial charge in [-0.25, -0.2) is 0 Å². The lowest BCUT2D eigenvalue weighted by Gasteiger charge is -2.23. The van der Waals surface area contributed by atoms with Gasteiger partial charge in [0.05, 0.1) is 0 Å². The Kier molecular flexibility index (Phi) is 4.22. The molecule has 1 aromatic rings. The molecule has 20 heavy (non-hydrogen) atoms. The van der Waals surface area contributed by atoms with Crippen LogP contribution in [0.25, 0.3) is 0 Å². The Bertz CT molecular complexity index is 486. The number of ether oxygens (including phenoxy) is 2. The summed E-state index contributed by atoms with van der Waals surface area (Å²) in [5.41, 5.74) is 1.30. The second-order valence-corrected chi connectivity index (χ2v) is 7.04. The third-order valence-corrected chi connectivity index (χ3v) is 4.71. The molecule has 0 bridgehead atoms. The van der Waals surface area contributed by atoms with E-state index in [1.165, 1.54) is 31.4 Å². The Morgan fingerprint density at radius 2 is 1.95 bits per heavy atom. The van der Waals surface area contributed by atoms with Crippen LogP contribution in [0.1, 0.15) is 38.7 Å². The molecule has 0 N–H and O–H groups in total. The molecule has 1 heterocycles. The Morgan fingerprint density at radius 1 is 1.25 bits per heavy atom. The average Bonchev–Trinajstić information content (AvgIpc) is 3.14. The maximum atomic E-state index is 5.49. The van der Waals surface area contributed by atoms with Gasteiger partial charge in [-0.3, -0.25) is 4.90 Å². The van der Waals surface area contributed by atoms with Gasteiger partial charge in [-0.2, -0.15) is 0 Å². The molecular weight excluding hydrogens is 318 g/mol. The SMILES string of the molecule is CC(C)CCN(Cc1cc2c(cc1Br)OCO2)C1CC1. The van der Waals surface area contributed by atoms with E-state index in [1.54, 1.807) is 0 Å².